The van der Waals surface area contributed by atoms with Gasteiger partial charge in [0.05, 0.1) is 6.61 Å². The Kier molecular flexibility index (Phi) is 5.96. The van der Waals surface area contributed by atoms with Crippen molar-refractivity contribution in [2.24, 2.45) is 0 Å². The summed E-state index contributed by atoms with van der Waals surface area (Å²) in [6.07, 6.45) is 0. The molecule has 0 unspecified atom stereocenters. The summed E-state index contributed by atoms with van der Waals surface area (Å²) in [5.41, 5.74) is 2.48. The Morgan fingerprint density at radius 1 is 1.10 bits per heavy atom. The molecule has 2 aromatic carbocycles. The number of ether oxygens (including phenoxy) is 1. The molecule has 0 aromatic heterocycles. The van der Waals surface area contributed by atoms with Crippen molar-refractivity contribution in [2.75, 3.05) is 19.4 Å². The highest BCUT2D eigenvalue weighted by Gasteiger charge is 2.03. The SMILES string of the molecule is CNCc1cc(C)ccc1OCCSc1ccccc1. The Morgan fingerprint density at radius 2 is 1.90 bits per heavy atom. The maximum absolute atomic E-state index is 5.91. The molecule has 0 amide bonds. The second-order valence-corrected chi connectivity index (χ2v) is 5.82. The molecule has 0 fully saturated rings. The van der Waals surface area contributed by atoms with Gasteiger partial charge in [0.25, 0.3) is 0 Å². The Labute approximate surface area is 125 Å². The molecule has 20 heavy (non-hydrogen) atoms. The van der Waals surface area contributed by atoms with Gasteiger partial charge in [0.2, 0.25) is 0 Å². The lowest BCUT2D eigenvalue weighted by atomic mass is 10.1. The van der Waals surface area contributed by atoms with Gasteiger partial charge in [-0.1, -0.05) is 35.9 Å². The summed E-state index contributed by atoms with van der Waals surface area (Å²) in [5, 5.41) is 3.18. The van der Waals surface area contributed by atoms with Gasteiger partial charge in [-0.05, 0) is 32.2 Å². The molecule has 0 aliphatic carbocycles. The van der Waals surface area contributed by atoms with Crippen LogP contribution >= 0.6 is 11.8 Å². The van der Waals surface area contributed by atoms with Crippen LogP contribution in [0, 0.1) is 6.92 Å². The standard InChI is InChI=1S/C17H21NOS/c1-14-8-9-17(15(12-14)13-18-2)19-10-11-20-16-6-4-3-5-7-16/h3-9,12,18H,10-11,13H2,1-2H3. The van der Waals surface area contributed by atoms with Crippen molar-refractivity contribution in [3.63, 3.8) is 0 Å². The van der Waals surface area contributed by atoms with Crippen molar-refractivity contribution in [3.8, 4) is 5.75 Å². The summed E-state index contributed by atoms with van der Waals surface area (Å²) in [4.78, 5) is 1.29. The number of aryl methyl sites for hydroxylation is 1. The van der Waals surface area contributed by atoms with Crippen LogP contribution in [0.25, 0.3) is 0 Å². The third-order valence-electron chi connectivity index (χ3n) is 2.94. The van der Waals surface area contributed by atoms with Crippen LogP contribution in [0.2, 0.25) is 0 Å². The van der Waals surface area contributed by atoms with Gasteiger partial charge in [0.15, 0.2) is 0 Å². The van der Waals surface area contributed by atoms with E-state index in [4.69, 9.17) is 4.74 Å². The van der Waals surface area contributed by atoms with E-state index in [1.54, 1.807) is 0 Å². The molecule has 2 nitrogen and oxygen atoms in total. The van der Waals surface area contributed by atoms with Gasteiger partial charge in [0, 0.05) is 22.8 Å². The van der Waals surface area contributed by atoms with Crippen LogP contribution in [-0.4, -0.2) is 19.4 Å². The molecule has 2 aromatic rings. The van der Waals surface area contributed by atoms with E-state index in [1.807, 2.05) is 24.9 Å². The second kappa shape index (κ2) is 7.98. The zero-order chi connectivity index (χ0) is 14.2. The van der Waals surface area contributed by atoms with Gasteiger partial charge in [-0.3, -0.25) is 0 Å². The van der Waals surface area contributed by atoms with E-state index in [-0.39, 0.29) is 0 Å². The maximum atomic E-state index is 5.91. The number of hydrogen-bond donors (Lipinski definition) is 1. The Hall–Kier alpha value is -1.45. The van der Waals surface area contributed by atoms with Crippen molar-refractivity contribution in [1.82, 2.24) is 5.32 Å². The van der Waals surface area contributed by atoms with Crippen LogP contribution in [0.3, 0.4) is 0 Å². The second-order valence-electron chi connectivity index (χ2n) is 4.65. The molecule has 0 heterocycles. The van der Waals surface area contributed by atoms with E-state index in [0.29, 0.717) is 0 Å². The lowest BCUT2D eigenvalue weighted by Gasteiger charge is -2.12. The molecular formula is C17H21NOS. The maximum Gasteiger partial charge on any atom is 0.123 e. The molecule has 0 saturated carbocycles. The van der Waals surface area contributed by atoms with Crippen LogP contribution in [0.15, 0.2) is 53.4 Å². The van der Waals surface area contributed by atoms with Crippen LogP contribution in [0.4, 0.5) is 0 Å². The van der Waals surface area contributed by atoms with Crippen LogP contribution in [0.1, 0.15) is 11.1 Å². The van der Waals surface area contributed by atoms with Crippen LogP contribution < -0.4 is 10.1 Å². The molecule has 0 spiro atoms. The predicted octanol–water partition coefficient (Wildman–Crippen LogP) is 3.89. The largest absolute Gasteiger partial charge is 0.492 e. The third kappa shape index (κ3) is 4.58. The fourth-order valence-corrected chi connectivity index (χ4v) is 2.76. The van der Waals surface area contributed by atoms with Gasteiger partial charge < -0.3 is 10.1 Å². The molecule has 0 saturated heterocycles. The van der Waals surface area contributed by atoms with Gasteiger partial charge in [-0.25, -0.2) is 0 Å². The van der Waals surface area contributed by atoms with Crippen molar-refractivity contribution in [2.45, 2.75) is 18.4 Å². The van der Waals surface area contributed by atoms with Crippen molar-refractivity contribution in [1.29, 1.82) is 0 Å². The highest BCUT2D eigenvalue weighted by Crippen LogP contribution is 2.21. The first kappa shape index (κ1) is 14.9. The summed E-state index contributed by atoms with van der Waals surface area (Å²) in [6, 6.07) is 16.8. The van der Waals surface area contributed by atoms with Gasteiger partial charge in [0.1, 0.15) is 5.75 Å². The van der Waals surface area contributed by atoms with Gasteiger partial charge in [-0.15, -0.1) is 11.8 Å². The molecule has 2 rings (SSSR count). The molecule has 0 radical (unpaired) electrons. The van der Waals surface area contributed by atoms with E-state index in [0.717, 1.165) is 24.7 Å². The summed E-state index contributed by atoms with van der Waals surface area (Å²) in [5.74, 6) is 1.94. The molecule has 1 N–H and O–H groups in total. The molecular weight excluding hydrogens is 266 g/mol. The lowest BCUT2D eigenvalue weighted by molar-refractivity contribution is 0.339. The van der Waals surface area contributed by atoms with Crippen LogP contribution in [0.5, 0.6) is 5.75 Å². The predicted molar refractivity (Wildman–Crippen MR) is 86.6 cm³/mol. The fourth-order valence-electron chi connectivity index (χ4n) is 2.01. The first-order valence-electron chi connectivity index (χ1n) is 6.84. The molecule has 106 valence electrons. The number of benzene rings is 2. The van der Waals surface area contributed by atoms with E-state index >= 15 is 0 Å². The van der Waals surface area contributed by atoms with E-state index in [2.05, 4.69) is 54.7 Å². The van der Waals surface area contributed by atoms with Crippen LogP contribution in [-0.2, 0) is 6.54 Å². The minimum Gasteiger partial charge on any atom is -0.492 e. The minimum atomic E-state index is 0.722. The molecule has 3 heteroatoms. The zero-order valence-electron chi connectivity index (χ0n) is 12.1. The summed E-state index contributed by atoms with van der Waals surface area (Å²) >= 11 is 1.82. The lowest BCUT2D eigenvalue weighted by Crippen LogP contribution is -2.09. The number of nitrogens with one attached hydrogen (secondary N) is 1. The fraction of sp³-hybridized carbons (Fsp3) is 0.294. The zero-order valence-corrected chi connectivity index (χ0v) is 12.9. The summed E-state index contributed by atoms with van der Waals surface area (Å²) in [7, 11) is 1.96. The molecule has 0 bridgehead atoms. The van der Waals surface area contributed by atoms with E-state index in [1.165, 1.54) is 16.0 Å². The monoisotopic (exact) mass is 287 g/mol. The first-order valence-corrected chi connectivity index (χ1v) is 7.83. The molecule has 0 aliphatic rings. The van der Waals surface area contributed by atoms with E-state index < -0.39 is 0 Å². The normalized spacial score (nSPS) is 10.5. The van der Waals surface area contributed by atoms with Crippen molar-refractivity contribution < 1.29 is 4.74 Å². The van der Waals surface area contributed by atoms with Crippen molar-refractivity contribution in [3.05, 3.63) is 59.7 Å². The number of rotatable bonds is 7. The highest BCUT2D eigenvalue weighted by molar-refractivity contribution is 7.99. The van der Waals surface area contributed by atoms with Crippen molar-refractivity contribution >= 4 is 11.8 Å². The quantitative estimate of drug-likeness (QED) is 0.617. The van der Waals surface area contributed by atoms with Gasteiger partial charge >= 0.3 is 0 Å². The Balaban J connectivity index is 1.84. The first-order chi connectivity index (χ1) is 9.79. The molecule has 0 atom stereocenters. The Bertz CT molecular complexity index is 528. The highest BCUT2D eigenvalue weighted by atomic mass is 32.2. The topological polar surface area (TPSA) is 21.3 Å². The number of hydrogen-bond acceptors (Lipinski definition) is 3. The molecule has 0 aliphatic heterocycles. The smallest absolute Gasteiger partial charge is 0.123 e. The van der Waals surface area contributed by atoms with E-state index in [9.17, 15) is 0 Å². The summed E-state index contributed by atoms with van der Waals surface area (Å²) in [6.45, 7) is 3.66. The average molecular weight is 287 g/mol. The Morgan fingerprint density at radius 3 is 2.65 bits per heavy atom. The number of thioether (sulfide) groups is 1. The average Bonchev–Trinajstić information content (AvgIpc) is 2.47. The minimum absolute atomic E-state index is 0.722. The summed E-state index contributed by atoms with van der Waals surface area (Å²) < 4.78 is 5.91. The third-order valence-corrected chi connectivity index (χ3v) is 3.91. The van der Waals surface area contributed by atoms with Gasteiger partial charge in [-0.2, -0.15) is 0 Å².